The first kappa shape index (κ1) is 19.7. The van der Waals surface area contributed by atoms with E-state index in [0.717, 1.165) is 23.5 Å². The smallest absolute Gasteiger partial charge is 0.258 e. The predicted molar refractivity (Wildman–Crippen MR) is 109 cm³/mol. The largest absolute Gasteiger partial charge is 0.483 e. The minimum atomic E-state index is -0.159. The minimum absolute atomic E-state index is 0.0237. The molecule has 146 valence electrons. The third-order valence-corrected chi connectivity index (χ3v) is 4.56. The molecular formula is C23H26N2O3. The van der Waals surface area contributed by atoms with Crippen molar-refractivity contribution in [3.8, 4) is 5.75 Å². The van der Waals surface area contributed by atoms with E-state index in [2.05, 4.69) is 17.4 Å². The first-order valence-corrected chi connectivity index (χ1v) is 9.34. The Morgan fingerprint density at radius 3 is 2.50 bits per heavy atom. The summed E-state index contributed by atoms with van der Waals surface area (Å²) in [5.41, 5.74) is 2.26. The van der Waals surface area contributed by atoms with Gasteiger partial charge in [0.05, 0.1) is 12.3 Å². The van der Waals surface area contributed by atoms with Crippen molar-refractivity contribution in [3.63, 3.8) is 0 Å². The van der Waals surface area contributed by atoms with Crippen LogP contribution in [0.2, 0.25) is 0 Å². The molecule has 0 aliphatic carbocycles. The number of rotatable bonds is 9. The van der Waals surface area contributed by atoms with E-state index in [1.165, 1.54) is 5.56 Å². The molecule has 1 heterocycles. The Morgan fingerprint density at radius 2 is 1.79 bits per heavy atom. The zero-order valence-corrected chi connectivity index (χ0v) is 16.3. The van der Waals surface area contributed by atoms with Gasteiger partial charge < -0.3 is 14.5 Å². The number of benzene rings is 2. The van der Waals surface area contributed by atoms with Crippen LogP contribution in [0.1, 0.15) is 22.9 Å². The van der Waals surface area contributed by atoms with Gasteiger partial charge in [0, 0.05) is 13.0 Å². The van der Waals surface area contributed by atoms with Crippen molar-refractivity contribution in [1.82, 2.24) is 10.2 Å². The lowest BCUT2D eigenvalue weighted by molar-refractivity contribution is -0.123. The molecular weight excluding hydrogens is 352 g/mol. The highest BCUT2D eigenvalue weighted by molar-refractivity contribution is 5.77. The monoisotopic (exact) mass is 378 g/mol. The van der Waals surface area contributed by atoms with Crippen LogP contribution in [-0.4, -0.2) is 38.1 Å². The van der Waals surface area contributed by atoms with Crippen LogP contribution in [0.25, 0.3) is 0 Å². The quantitative estimate of drug-likeness (QED) is 0.617. The van der Waals surface area contributed by atoms with Crippen LogP contribution < -0.4 is 10.1 Å². The summed E-state index contributed by atoms with van der Waals surface area (Å²) < 4.78 is 11.3. The molecule has 5 nitrogen and oxygen atoms in total. The molecule has 0 bridgehead atoms. The van der Waals surface area contributed by atoms with E-state index in [4.69, 9.17) is 9.15 Å². The van der Waals surface area contributed by atoms with Gasteiger partial charge in [0.25, 0.3) is 5.91 Å². The lowest BCUT2D eigenvalue weighted by Crippen LogP contribution is -2.36. The van der Waals surface area contributed by atoms with E-state index in [0.29, 0.717) is 6.54 Å². The number of carbonyl (C=O) groups excluding carboxylic acids is 1. The number of amides is 1. The van der Waals surface area contributed by atoms with Crippen LogP contribution in [0.5, 0.6) is 5.75 Å². The fourth-order valence-electron chi connectivity index (χ4n) is 3.03. The second kappa shape index (κ2) is 9.76. The van der Waals surface area contributed by atoms with Gasteiger partial charge in [0.1, 0.15) is 11.5 Å². The maximum atomic E-state index is 12.3. The summed E-state index contributed by atoms with van der Waals surface area (Å²) in [6.07, 6.45) is 2.40. The van der Waals surface area contributed by atoms with Crippen molar-refractivity contribution < 1.29 is 13.9 Å². The van der Waals surface area contributed by atoms with Crippen LogP contribution in [0.15, 0.2) is 77.4 Å². The van der Waals surface area contributed by atoms with E-state index < -0.39 is 0 Å². The van der Waals surface area contributed by atoms with Crippen molar-refractivity contribution in [3.05, 3.63) is 89.9 Å². The Hall–Kier alpha value is -3.05. The first-order valence-electron chi connectivity index (χ1n) is 9.34. The number of nitrogens with one attached hydrogen (secondary N) is 1. The zero-order valence-electron chi connectivity index (χ0n) is 16.3. The van der Waals surface area contributed by atoms with Gasteiger partial charge in [0.2, 0.25) is 0 Å². The average Bonchev–Trinajstić information content (AvgIpc) is 3.22. The Kier molecular flexibility index (Phi) is 6.87. The highest BCUT2D eigenvalue weighted by Crippen LogP contribution is 2.21. The topological polar surface area (TPSA) is 54.7 Å². The van der Waals surface area contributed by atoms with E-state index >= 15 is 0 Å². The fraction of sp³-hybridized carbons (Fsp3) is 0.261. The summed E-state index contributed by atoms with van der Waals surface area (Å²) >= 11 is 0. The van der Waals surface area contributed by atoms with Crippen LogP contribution in [0.4, 0.5) is 0 Å². The van der Waals surface area contributed by atoms with Gasteiger partial charge in [-0.05, 0) is 43.4 Å². The molecule has 1 amide bonds. The number of carbonyl (C=O) groups is 1. The van der Waals surface area contributed by atoms with Gasteiger partial charge in [-0.2, -0.15) is 0 Å². The van der Waals surface area contributed by atoms with E-state index in [9.17, 15) is 4.79 Å². The van der Waals surface area contributed by atoms with Crippen molar-refractivity contribution in [1.29, 1.82) is 0 Å². The molecule has 5 heteroatoms. The third kappa shape index (κ3) is 5.47. The Labute approximate surface area is 165 Å². The molecule has 1 N–H and O–H groups in total. The van der Waals surface area contributed by atoms with Gasteiger partial charge in [-0.1, -0.05) is 48.5 Å². The van der Waals surface area contributed by atoms with Gasteiger partial charge >= 0.3 is 0 Å². The van der Waals surface area contributed by atoms with Crippen LogP contribution in [0.3, 0.4) is 0 Å². The number of furan rings is 1. The van der Waals surface area contributed by atoms with Crippen molar-refractivity contribution in [2.45, 2.75) is 12.5 Å². The number of hydrogen-bond acceptors (Lipinski definition) is 4. The molecule has 3 rings (SSSR count). The molecule has 0 fully saturated rings. The van der Waals surface area contributed by atoms with Crippen molar-refractivity contribution >= 4 is 5.91 Å². The molecule has 1 aromatic heterocycles. The SMILES string of the molecule is CN(C)[C@@H](CNC(=O)COc1ccccc1Cc1ccccc1)c1ccco1. The lowest BCUT2D eigenvalue weighted by atomic mass is 10.0. The molecule has 0 aliphatic heterocycles. The molecule has 0 radical (unpaired) electrons. The number of hydrogen-bond donors (Lipinski definition) is 1. The van der Waals surface area contributed by atoms with Gasteiger partial charge in [-0.3, -0.25) is 9.69 Å². The fourth-order valence-corrected chi connectivity index (χ4v) is 3.03. The van der Waals surface area contributed by atoms with E-state index in [-0.39, 0.29) is 18.6 Å². The molecule has 2 aromatic carbocycles. The number of likely N-dealkylation sites (N-methyl/N-ethyl adjacent to an activating group) is 1. The Morgan fingerprint density at radius 1 is 1.04 bits per heavy atom. The van der Waals surface area contributed by atoms with Gasteiger partial charge in [-0.15, -0.1) is 0 Å². The molecule has 0 aliphatic rings. The highest BCUT2D eigenvalue weighted by Gasteiger charge is 2.18. The Balaban J connectivity index is 1.55. The molecule has 0 unspecified atom stereocenters. The van der Waals surface area contributed by atoms with Crippen LogP contribution in [0, 0.1) is 0 Å². The highest BCUT2D eigenvalue weighted by atomic mass is 16.5. The van der Waals surface area contributed by atoms with E-state index in [1.807, 2.05) is 73.6 Å². The standard InChI is InChI=1S/C23H26N2O3/c1-25(2)20(22-13-8-14-27-22)16-24-23(26)17-28-21-12-7-6-11-19(21)15-18-9-4-3-5-10-18/h3-14,20H,15-17H2,1-2H3,(H,24,26)/t20-/m0/s1. The Bertz CT molecular complexity index is 861. The van der Waals surface area contributed by atoms with Gasteiger partial charge in [-0.25, -0.2) is 0 Å². The molecule has 0 saturated heterocycles. The summed E-state index contributed by atoms with van der Waals surface area (Å²) in [7, 11) is 3.91. The number of nitrogens with zero attached hydrogens (tertiary/aromatic N) is 1. The second-order valence-corrected chi connectivity index (χ2v) is 6.86. The second-order valence-electron chi connectivity index (χ2n) is 6.86. The van der Waals surface area contributed by atoms with Crippen LogP contribution >= 0.6 is 0 Å². The number of para-hydroxylation sites is 1. The zero-order chi connectivity index (χ0) is 19.8. The predicted octanol–water partition coefficient (Wildman–Crippen LogP) is 3.67. The maximum absolute atomic E-state index is 12.3. The summed E-state index contributed by atoms with van der Waals surface area (Å²) in [4.78, 5) is 14.3. The summed E-state index contributed by atoms with van der Waals surface area (Å²) in [5.74, 6) is 1.39. The first-order chi connectivity index (χ1) is 13.6. The molecule has 3 aromatic rings. The van der Waals surface area contributed by atoms with Crippen molar-refractivity contribution in [2.75, 3.05) is 27.2 Å². The molecule has 0 spiro atoms. The number of ether oxygens (including phenoxy) is 1. The lowest BCUT2D eigenvalue weighted by Gasteiger charge is -2.22. The summed E-state index contributed by atoms with van der Waals surface area (Å²) in [5, 5.41) is 2.93. The maximum Gasteiger partial charge on any atom is 0.258 e. The summed E-state index contributed by atoms with van der Waals surface area (Å²) in [6.45, 7) is 0.429. The van der Waals surface area contributed by atoms with Gasteiger partial charge in [0.15, 0.2) is 6.61 Å². The third-order valence-electron chi connectivity index (χ3n) is 4.56. The molecule has 0 saturated carbocycles. The minimum Gasteiger partial charge on any atom is -0.483 e. The summed E-state index contributed by atoms with van der Waals surface area (Å²) in [6, 6.07) is 21.8. The van der Waals surface area contributed by atoms with E-state index in [1.54, 1.807) is 6.26 Å². The normalized spacial score (nSPS) is 12.0. The van der Waals surface area contributed by atoms with Crippen LogP contribution in [-0.2, 0) is 11.2 Å². The van der Waals surface area contributed by atoms with Crippen molar-refractivity contribution in [2.24, 2.45) is 0 Å². The molecule has 28 heavy (non-hydrogen) atoms. The average molecular weight is 378 g/mol. The molecule has 1 atom stereocenters.